The minimum Gasteiger partial charge on any atom is -0.367 e. The fourth-order valence-electron chi connectivity index (χ4n) is 3.91. The van der Waals surface area contributed by atoms with E-state index < -0.39 is 5.91 Å². The number of hydrogen-bond donors (Lipinski definition) is 2. The molecule has 0 aliphatic carbocycles. The Bertz CT molecular complexity index is 1240. The second-order valence-corrected chi connectivity index (χ2v) is 8.41. The molecular formula is C23H19FN4O2S. The van der Waals surface area contributed by atoms with Gasteiger partial charge in [-0.3, -0.25) is 19.9 Å². The molecule has 0 bridgehead atoms. The van der Waals surface area contributed by atoms with Gasteiger partial charge in [0, 0.05) is 37.8 Å². The normalized spacial score (nSPS) is 18.1. The number of aromatic nitrogens is 1. The number of halogens is 1. The molecule has 2 fully saturated rings. The Balaban J connectivity index is 1.54. The third-order valence-corrected chi connectivity index (χ3v) is 6.21. The summed E-state index contributed by atoms with van der Waals surface area (Å²) in [6, 6.07) is 12.9. The third kappa shape index (κ3) is 3.92. The molecule has 0 unspecified atom stereocenters. The molecule has 0 atom stereocenters. The van der Waals surface area contributed by atoms with Crippen molar-refractivity contribution in [1.82, 2.24) is 15.6 Å². The van der Waals surface area contributed by atoms with Crippen molar-refractivity contribution < 1.29 is 14.0 Å². The number of hydrogen-bond acceptors (Lipinski definition) is 6. The number of pyridine rings is 1. The molecule has 0 radical (unpaired) electrons. The molecule has 3 heterocycles. The molecule has 0 spiro atoms. The number of fused-ring (bicyclic) bond motifs is 1. The van der Waals surface area contributed by atoms with E-state index in [-0.39, 0.29) is 11.1 Å². The van der Waals surface area contributed by atoms with Crippen LogP contribution in [0.15, 0.2) is 53.6 Å². The average molecular weight is 434 g/mol. The van der Waals surface area contributed by atoms with E-state index >= 15 is 0 Å². The Labute approximate surface area is 182 Å². The van der Waals surface area contributed by atoms with Crippen molar-refractivity contribution in [2.24, 2.45) is 0 Å². The summed E-state index contributed by atoms with van der Waals surface area (Å²) >= 11 is 0.867. The molecule has 2 aliphatic rings. The van der Waals surface area contributed by atoms with Crippen LogP contribution in [0.1, 0.15) is 5.56 Å². The van der Waals surface area contributed by atoms with Crippen LogP contribution in [0.3, 0.4) is 0 Å². The number of thioether (sulfide) groups is 1. The van der Waals surface area contributed by atoms with Gasteiger partial charge in [-0.15, -0.1) is 0 Å². The number of benzene rings is 2. The molecule has 0 saturated carbocycles. The van der Waals surface area contributed by atoms with Crippen molar-refractivity contribution in [3.63, 3.8) is 0 Å². The average Bonchev–Trinajstić information content (AvgIpc) is 3.10. The Kier molecular flexibility index (Phi) is 5.17. The fraction of sp³-hybridized carbons (Fsp3) is 0.174. The van der Waals surface area contributed by atoms with Crippen LogP contribution in [0.5, 0.6) is 0 Å². The monoisotopic (exact) mass is 434 g/mol. The highest BCUT2D eigenvalue weighted by Crippen LogP contribution is 2.33. The Morgan fingerprint density at radius 3 is 2.68 bits per heavy atom. The fourth-order valence-corrected chi connectivity index (χ4v) is 4.59. The first-order chi connectivity index (χ1) is 15.1. The van der Waals surface area contributed by atoms with Gasteiger partial charge in [0.15, 0.2) is 0 Å². The quantitative estimate of drug-likeness (QED) is 0.612. The topological polar surface area (TPSA) is 74.3 Å². The van der Waals surface area contributed by atoms with Crippen LogP contribution in [0.4, 0.5) is 14.9 Å². The highest BCUT2D eigenvalue weighted by molar-refractivity contribution is 8.18. The number of carbonyl (C=O) groups is 2. The van der Waals surface area contributed by atoms with E-state index in [1.807, 2.05) is 36.4 Å². The lowest BCUT2D eigenvalue weighted by atomic mass is 9.99. The van der Waals surface area contributed by atoms with Crippen LogP contribution >= 0.6 is 11.8 Å². The van der Waals surface area contributed by atoms with Crippen molar-refractivity contribution in [2.45, 2.75) is 0 Å². The minimum atomic E-state index is -0.408. The number of carbonyl (C=O) groups excluding carboxylic acids is 2. The van der Waals surface area contributed by atoms with Gasteiger partial charge in [0.25, 0.3) is 11.1 Å². The molecule has 31 heavy (non-hydrogen) atoms. The van der Waals surface area contributed by atoms with E-state index in [2.05, 4.69) is 20.5 Å². The lowest BCUT2D eigenvalue weighted by molar-refractivity contribution is -0.115. The number of rotatable bonds is 3. The van der Waals surface area contributed by atoms with Gasteiger partial charge in [0.1, 0.15) is 5.82 Å². The first kappa shape index (κ1) is 19.7. The maximum absolute atomic E-state index is 15.0. The molecule has 1 aromatic heterocycles. The van der Waals surface area contributed by atoms with Crippen molar-refractivity contribution in [2.75, 3.05) is 31.1 Å². The van der Waals surface area contributed by atoms with Crippen LogP contribution in [-0.2, 0) is 4.79 Å². The number of nitrogens with one attached hydrogen (secondary N) is 2. The van der Waals surface area contributed by atoms with Crippen LogP contribution in [-0.4, -0.2) is 42.3 Å². The molecule has 8 heteroatoms. The van der Waals surface area contributed by atoms with Crippen molar-refractivity contribution in [3.05, 3.63) is 64.9 Å². The zero-order valence-electron chi connectivity index (χ0n) is 16.5. The molecule has 2 amide bonds. The molecule has 3 aromatic rings. The number of imide groups is 1. The first-order valence-electron chi connectivity index (χ1n) is 9.98. The highest BCUT2D eigenvalue weighted by atomic mass is 32.2. The summed E-state index contributed by atoms with van der Waals surface area (Å²) in [5, 5.41) is 5.99. The number of anilines is 1. The van der Waals surface area contributed by atoms with E-state index in [0.717, 1.165) is 60.0 Å². The molecule has 5 rings (SSSR count). The predicted octanol–water partition coefficient (Wildman–Crippen LogP) is 3.77. The van der Waals surface area contributed by atoms with Gasteiger partial charge < -0.3 is 10.2 Å². The number of amides is 2. The van der Waals surface area contributed by atoms with Crippen LogP contribution < -0.4 is 15.5 Å². The van der Waals surface area contributed by atoms with E-state index in [9.17, 15) is 14.0 Å². The third-order valence-electron chi connectivity index (χ3n) is 5.40. The van der Waals surface area contributed by atoms with Gasteiger partial charge >= 0.3 is 0 Å². The Morgan fingerprint density at radius 2 is 1.94 bits per heavy atom. The Morgan fingerprint density at radius 1 is 1.10 bits per heavy atom. The highest BCUT2D eigenvalue weighted by Gasteiger charge is 2.25. The summed E-state index contributed by atoms with van der Waals surface area (Å²) in [6.45, 7) is 3.24. The van der Waals surface area contributed by atoms with Gasteiger partial charge in [-0.2, -0.15) is 0 Å². The van der Waals surface area contributed by atoms with Gasteiger partial charge in [-0.25, -0.2) is 4.39 Å². The molecule has 6 nitrogen and oxygen atoms in total. The Hall–Kier alpha value is -3.23. The second kappa shape index (κ2) is 8.13. The van der Waals surface area contributed by atoms with Gasteiger partial charge in [0.05, 0.1) is 16.1 Å². The van der Waals surface area contributed by atoms with E-state index in [0.29, 0.717) is 16.2 Å². The molecule has 156 valence electrons. The van der Waals surface area contributed by atoms with Crippen LogP contribution in [0.25, 0.3) is 28.1 Å². The zero-order chi connectivity index (χ0) is 21.4. The maximum Gasteiger partial charge on any atom is 0.290 e. The standard InChI is InChI=1S/C23H19FN4O2S/c24-18-12-15(4-5-20(18)28-8-6-25-7-9-28)16-2-1-3-19-17(16)10-14(13-26-19)11-21-22(29)27-23(30)31-21/h1-5,10-13,25H,6-9H2,(H,27,29,30). The first-order valence-corrected chi connectivity index (χ1v) is 10.8. The van der Waals surface area contributed by atoms with Crippen LogP contribution in [0, 0.1) is 5.82 Å². The summed E-state index contributed by atoms with van der Waals surface area (Å²) < 4.78 is 15.0. The van der Waals surface area contributed by atoms with Crippen LogP contribution in [0.2, 0.25) is 0 Å². The summed E-state index contributed by atoms with van der Waals surface area (Å²) in [7, 11) is 0. The largest absolute Gasteiger partial charge is 0.367 e. The molecule has 2 N–H and O–H groups in total. The maximum atomic E-state index is 15.0. The number of piperazine rings is 1. The SMILES string of the molecule is O=C1NC(=O)C(=Cc2cnc3cccc(-c4ccc(N5CCNCC5)c(F)c4)c3c2)S1. The second-order valence-electron chi connectivity index (χ2n) is 7.40. The van der Waals surface area contributed by atoms with E-state index in [4.69, 9.17) is 0 Å². The minimum absolute atomic E-state index is 0.250. The van der Waals surface area contributed by atoms with Gasteiger partial charge in [-0.05, 0) is 58.8 Å². The lowest BCUT2D eigenvalue weighted by Crippen LogP contribution is -2.43. The predicted molar refractivity (Wildman–Crippen MR) is 121 cm³/mol. The van der Waals surface area contributed by atoms with Crippen molar-refractivity contribution in [1.29, 1.82) is 0 Å². The molecule has 2 saturated heterocycles. The van der Waals surface area contributed by atoms with Gasteiger partial charge in [-0.1, -0.05) is 18.2 Å². The van der Waals surface area contributed by atoms with Crippen molar-refractivity contribution >= 4 is 45.6 Å². The van der Waals surface area contributed by atoms with Gasteiger partial charge in [0.2, 0.25) is 0 Å². The summed E-state index contributed by atoms with van der Waals surface area (Å²) in [5.74, 6) is -0.658. The molecular weight excluding hydrogens is 415 g/mol. The lowest BCUT2D eigenvalue weighted by Gasteiger charge is -2.29. The van der Waals surface area contributed by atoms with Crippen molar-refractivity contribution in [3.8, 4) is 11.1 Å². The summed E-state index contributed by atoms with van der Waals surface area (Å²) in [5.41, 5.74) is 3.70. The number of nitrogens with zero attached hydrogens (tertiary/aromatic N) is 2. The van der Waals surface area contributed by atoms with E-state index in [1.54, 1.807) is 18.3 Å². The molecule has 2 aromatic carbocycles. The smallest absolute Gasteiger partial charge is 0.290 e. The van der Waals surface area contributed by atoms with E-state index in [1.165, 1.54) is 0 Å². The zero-order valence-corrected chi connectivity index (χ0v) is 17.3. The summed E-state index contributed by atoms with van der Waals surface area (Å²) in [6.07, 6.45) is 3.30. The molecule has 2 aliphatic heterocycles. The summed E-state index contributed by atoms with van der Waals surface area (Å²) in [4.78, 5) is 30.1.